The smallest absolute Gasteiger partial charge is 0.119 e. The number of benzene rings is 1. The molecule has 0 aliphatic carbocycles. The SMILES string of the molecule is COc1cccc(C(O)CNC(c2cccnc2)C(C)C)c1. The fourth-order valence-electron chi connectivity index (χ4n) is 2.50. The van der Waals surface area contributed by atoms with Gasteiger partial charge in [-0.2, -0.15) is 0 Å². The Balaban J connectivity index is 2.03. The third kappa shape index (κ3) is 4.29. The number of hydrogen-bond acceptors (Lipinski definition) is 4. The third-order valence-corrected chi connectivity index (χ3v) is 3.72. The first-order valence-corrected chi connectivity index (χ1v) is 7.57. The lowest BCUT2D eigenvalue weighted by Gasteiger charge is -2.24. The molecule has 118 valence electrons. The van der Waals surface area contributed by atoms with Gasteiger partial charge in [0.15, 0.2) is 0 Å². The second-order valence-corrected chi connectivity index (χ2v) is 5.71. The molecule has 0 radical (unpaired) electrons. The maximum atomic E-state index is 10.4. The fourth-order valence-corrected chi connectivity index (χ4v) is 2.50. The molecule has 0 spiro atoms. The molecular weight excluding hydrogens is 276 g/mol. The van der Waals surface area contributed by atoms with Crippen molar-refractivity contribution in [1.82, 2.24) is 10.3 Å². The average Bonchev–Trinajstić information content (AvgIpc) is 2.55. The van der Waals surface area contributed by atoms with Gasteiger partial charge in [-0.3, -0.25) is 4.98 Å². The molecule has 0 aliphatic heterocycles. The van der Waals surface area contributed by atoms with E-state index < -0.39 is 6.10 Å². The first kappa shape index (κ1) is 16.5. The van der Waals surface area contributed by atoms with E-state index in [0.717, 1.165) is 16.9 Å². The Morgan fingerprint density at radius 3 is 2.59 bits per heavy atom. The number of nitrogens with zero attached hydrogens (tertiary/aromatic N) is 1. The summed E-state index contributed by atoms with van der Waals surface area (Å²) in [7, 11) is 1.63. The number of aliphatic hydroxyl groups excluding tert-OH is 1. The number of aliphatic hydroxyl groups is 1. The highest BCUT2D eigenvalue weighted by atomic mass is 16.5. The summed E-state index contributed by atoms with van der Waals surface area (Å²) in [6.07, 6.45) is 3.06. The Bertz CT molecular complexity index is 572. The number of rotatable bonds is 7. The van der Waals surface area contributed by atoms with Crippen molar-refractivity contribution in [2.75, 3.05) is 13.7 Å². The van der Waals surface area contributed by atoms with Crippen molar-refractivity contribution in [2.45, 2.75) is 26.0 Å². The first-order valence-electron chi connectivity index (χ1n) is 7.57. The summed E-state index contributed by atoms with van der Waals surface area (Å²) in [6.45, 7) is 4.79. The lowest BCUT2D eigenvalue weighted by atomic mass is 9.97. The van der Waals surface area contributed by atoms with Crippen LogP contribution in [0.5, 0.6) is 5.75 Å². The molecule has 22 heavy (non-hydrogen) atoms. The molecule has 1 heterocycles. The van der Waals surface area contributed by atoms with Crippen molar-refractivity contribution in [3.63, 3.8) is 0 Å². The van der Waals surface area contributed by atoms with E-state index in [4.69, 9.17) is 4.74 Å². The van der Waals surface area contributed by atoms with E-state index in [9.17, 15) is 5.11 Å². The second kappa shape index (κ2) is 7.92. The number of aromatic nitrogens is 1. The third-order valence-electron chi connectivity index (χ3n) is 3.72. The van der Waals surface area contributed by atoms with Gasteiger partial charge in [0.1, 0.15) is 5.75 Å². The minimum absolute atomic E-state index is 0.161. The van der Waals surface area contributed by atoms with E-state index >= 15 is 0 Å². The summed E-state index contributed by atoms with van der Waals surface area (Å²) in [6, 6.07) is 11.7. The summed E-state index contributed by atoms with van der Waals surface area (Å²) >= 11 is 0. The van der Waals surface area contributed by atoms with Crippen molar-refractivity contribution in [1.29, 1.82) is 0 Å². The molecular formula is C18H24N2O2. The zero-order chi connectivity index (χ0) is 15.9. The fraction of sp³-hybridized carbons (Fsp3) is 0.389. The lowest BCUT2D eigenvalue weighted by molar-refractivity contribution is 0.165. The van der Waals surface area contributed by atoms with Gasteiger partial charge in [0.2, 0.25) is 0 Å². The van der Waals surface area contributed by atoms with Crippen LogP contribution in [0, 0.1) is 5.92 Å². The van der Waals surface area contributed by atoms with E-state index in [1.807, 2.05) is 36.5 Å². The second-order valence-electron chi connectivity index (χ2n) is 5.71. The number of pyridine rings is 1. The van der Waals surface area contributed by atoms with Crippen LogP contribution in [0.4, 0.5) is 0 Å². The molecule has 0 bridgehead atoms. The molecule has 1 aromatic carbocycles. The number of methoxy groups -OCH3 is 1. The van der Waals surface area contributed by atoms with Crippen LogP contribution in [0.25, 0.3) is 0 Å². The first-order chi connectivity index (χ1) is 10.6. The molecule has 4 nitrogen and oxygen atoms in total. The minimum Gasteiger partial charge on any atom is -0.497 e. The Kier molecular flexibility index (Phi) is 5.92. The molecule has 2 aromatic rings. The molecule has 0 saturated heterocycles. The average molecular weight is 300 g/mol. The highest BCUT2D eigenvalue weighted by molar-refractivity contribution is 5.30. The molecule has 0 aliphatic rings. The Morgan fingerprint density at radius 2 is 1.95 bits per heavy atom. The van der Waals surface area contributed by atoms with Crippen molar-refractivity contribution < 1.29 is 9.84 Å². The molecule has 4 heteroatoms. The van der Waals surface area contributed by atoms with Crippen LogP contribution in [0.3, 0.4) is 0 Å². The van der Waals surface area contributed by atoms with Crippen molar-refractivity contribution in [2.24, 2.45) is 5.92 Å². The van der Waals surface area contributed by atoms with Gasteiger partial charge >= 0.3 is 0 Å². The molecule has 0 saturated carbocycles. The maximum Gasteiger partial charge on any atom is 0.119 e. The maximum absolute atomic E-state index is 10.4. The Hall–Kier alpha value is -1.91. The summed E-state index contributed by atoms with van der Waals surface area (Å²) in [5.41, 5.74) is 1.98. The van der Waals surface area contributed by atoms with Gasteiger partial charge in [0.25, 0.3) is 0 Å². The molecule has 2 rings (SSSR count). The molecule has 0 amide bonds. The van der Waals surface area contributed by atoms with Gasteiger partial charge in [-0.1, -0.05) is 32.0 Å². The zero-order valence-corrected chi connectivity index (χ0v) is 13.4. The van der Waals surface area contributed by atoms with Crippen LogP contribution in [0.2, 0.25) is 0 Å². The van der Waals surface area contributed by atoms with Gasteiger partial charge < -0.3 is 15.2 Å². The van der Waals surface area contributed by atoms with Crippen LogP contribution in [-0.4, -0.2) is 23.7 Å². The molecule has 1 aromatic heterocycles. The minimum atomic E-state index is -0.576. The topological polar surface area (TPSA) is 54.4 Å². The van der Waals surface area contributed by atoms with E-state index in [1.165, 1.54) is 0 Å². The van der Waals surface area contributed by atoms with Gasteiger partial charge in [-0.25, -0.2) is 0 Å². The van der Waals surface area contributed by atoms with Crippen LogP contribution in [-0.2, 0) is 0 Å². The molecule has 2 N–H and O–H groups in total. The number of ether oxygens (including phenoxy) is 1. The van der Waals surface area contributed by atoms with E-state index in [1.54, 1.807) is 13.3 Å². The zero-order valence-electron chi connectivity index (χ0n) is 13.4. The lowest BCUT2D eigenvalue weighted by Crippen LogP contribution is -2.30. The Labute approximate surface area is 132 Å². The largest absolute Gasteiger partial charge is 0.497 e. The van der Waals surface area contributed by atoms with Gasteiger partial charge in [0, 0.05) is 25.0 Å². The van der Waals surface area contributed by atoms with Gasteiger partial charge in [-0.05, 0) is 35.2 Å². The summed E-state index contributed by atoms with van der Waals surface area (Å²) in [5.74, 6) is 1.16. The van der Waals surface area contributed by atoms with E-state index in [-0.39, 0.29) is 6.04 Å². The highest BCUT2D eigenvalue weighted by Crippen LogP contribution is 2.23. The summed E-state index contributed by atoms with van der Waals surface area (Å²) < 4.78 is 5.20. The van der Waals surface area contributed by atoms with Crippen LogP contribution in [0.1, 0.15) is 37.1 Å². The highest BCUT2D eigenvalue weighted by Gasteiger charge is 2.17. The summed E-state index contributed by atoms with van der Waals surface area (Å²) in [4.78, 5) is 4.18. The standard InChI is InChI=1S/C18H24N2O2/c1-13(2)18(15-7-5-9-19-11-15)20-12-17(21)14-6-4-8-16(10-14)22-3/h4-11,13,17-18,20-21H,12H2,1-3H3. The number of nitrogens with one attached hydrogen (secondary N) is 1. The number of hydrogen-bond donors (Lipinski definition) is 2. The molecule has 2 atom stereocenters. The van der Waals surface area contributed by atoms with E-state index in [0.29, 0.717) is 12.5 Å². The monoisotopic (exact) mass is 300 g/mol. The van der Waals surface area contributed by atoms with Crippen LogP contribution < -0.4 is 10.1 Å². The predicted molar refractivity (Wildman–Crippen MR) is 87.8 cm³/mol. The normalized spacial score (nSPS) is 13.9. The predicted octanol–water partition coefficient (Wildman–Crippen LogP) is 3.11. The van der Waals surface area contributed by atoms with Gasteiger partial charge in [0.05, 0.1) is 13.2 Å². The molecule has 2 unspecified atom stereocenters. The van der Waals surface area contributed by atoms with Crippen LogP contribution >= 0.6 is 0 Å². The van der Waals surface area contributed by atoms with Crippen molar-refractivity contribution in [3.05, 3.63) is 59.9 Å². The van der Waals surface area contributed by atoms with Gasteiger partial charge in [-0.15, -0.1) is 0 Å². The molecule has 0 fully saturated rings. The quantitative estimate of drug-likeness (QED) is 0.825. The van der Waals surface area contributed by atoms with Crippen molar-refractivity contribution in [3.8, 4) is 5.75 Å². The van der Waals surface area contributed by atoms with Crippen molar-refractivity contribution >= 4 is 0 Å². The van der Waals surface area contributed by atoms with E-state index in [2.05, 4.69) is 30.2 Å². The summed E-state index contributed by atoms with van der Waals surface area (Å²) in [5, 5.41) is 13.8. The van der Waals surface area contributed by atoms with Crippen LogP contribution in [0.15, 0.2) is 48.8 Å². The Morgan fingerprint density at radius 1 is 1.18 bits per heavy atom.